The summed E-state index contributed by atoms with van der Waals surface area (Å²) in [5, 5.41) is 0. The third-order valence-electron chi connectivity index (χ3n) is 3.16. The molecular weight excluding hydrogens is 174 g/mol. The van der Waals surface area contributed by atoms with Crippen molar-refractivity contribution < 1.29 is 4.74 Å². The van der Waals surface area contributed by atoms with Crippen molar-refractivity contribution >= 4 is 0 Å². The molecule has 0 aliphatic carbocycles. The summed E-state index contributed by atoms with van der Waals surface area (Å²) in [6.45, 7) is 11.0. The summed E-state index contributed by atoms with van der Waals surface area (Å²) in [6, 6.07) is 0.136. The fraction of sp³-hybridized carbons (Fsp3) is 1.00. The van der Waals surface area contributed by atoms with Crippen LogP contribution in [0, 0.1) is 5.41 Å². The van der Waals surface area contributed by atoms with E-state index in [9.17, 15) is 0 Å². The average Bonchev–Trinajstić information content (AvgIpc) is 2.11. The Labute approximate surface area is 89.2 Å². The van der Waals surface area contributed by atoms with Crippen LogP contribution < -0.4 is 5.73 Å². The van der Waals surface area contributed by atoms with Crippen molar-refractivity contribution in [1.82, 2.24) is 0 Å². The molecule has 0 saturated heterocycles. The van der Waals surface area contributed by atoms with Crippen molar-refractivity contribution in [2.45, 2.75) is 65.5 Å². The molecule has 0 saturated carbocycles. The molecule has 0 radical (unpaired) electrons. The third-order valence-corrected chi connectivity index (χ3v) is 3.16. The number of hydrogen-bond donors (Lipinski definition) is 1. The van der Waals surface area contributed by atoms with Gasteiger partial charge in [-0.15, -0.1) is 0 Å². The van der Waals surface area contributed by atoms with E-state index < -0.39 is 0 Å². The van der Waals surface area contributed by atoms with E-state index in [0.29, 0.717) is 5.41 Å². The van der Waals surface area contributed by atoms with Gasteiger partial charge >= 0.3 is 0 Å². The van der Waals surface area contributed by atoms with E-state index in [0.717, 1.165) is 19.3 Å². The first-order valence-electron chi connectivity index (χ1n) is 5.56. The molecule has 0 rings (SSSR count). The van der Waals surface area contributed by atoms with Crippen molar-refractivity contribution in [2.75, 3.05) is 7.11 Å². The second kappa shape index (κ2) is 5.13. The van der Waals surface area contributed by atoms with Crippen LogP contribution in [0.4, 0.5) is 0 Å². The van der Waals surface area contributed by atoms with Gasteiger partial charge in [-0.25, -0.2) is 0 Å². The van der Waals surface area contributed by atoms with Crippen LogP contribution in [0.5, 0.6) is 0 Å². The van der Waals surface area contributed by atoms with E-state index in [2.05, 4.69) is 34.6 Å². The van der Waals surface area contributed by atoms with Crippen LogP contribution in [0.25, 0.3) is 0 Å². The van der Waals surface area contributed by atoms with Crippen LogP contribution in [0.2, 0.25) is 0 Å². The summed E-state index contributed by atoms with van der Waals surface area (Å²) in [6.07, 6.45) is 3.14. The number of methoxy groups -OCH3 is 1. The molecule has 2 atom stereocenters. The number of ether oxygens (including phenoxy) is 1. The molecule has 0 aliphatic rings. The van der Waals surface area contributed by atoms with E-state index in [1.54, 1.807) is 7.11 Å². The molecule has 2 heteroatoms. The lowest BCUT2D eigenvalue weighted by atomic mass is 9.83. The molecule has 0 aromatic carbocycles. The summed E-state index contributed by atoms with van der Waals surface area (Å²) >= 11 is 0. The van der Waals surface area contributed by atoms with Gasteiger partial charge in [-0.1, -0.05) is 27.7 Å². The highest BCUT2D eigenvalue weighted by molar-refractivity contribution is 4.86. The first-order valence-corrected chi connectivity index (χ1v) is 5.56. The van der Waals surface area contributed by atoms with Gasteiger partial charge in [-0.2, -0.15) is 0 Å². The van der Waals surface area contributed by atoms with Crippen LogP contribution in [-0.4, -0.2) is 18.8 Å². The van der Waals surface area contributed by atoms with Gasteiger partial charge in [0.1, 0.15) is 0 Å². The van der Waals surface area contributed by atoms with Crippen LogP contribution >= 0.6 is 0 Å². The number of rotatable bonds is 5. The van der Waals surface area contributed by atoms with Crippen molar-refractivity contribution in [3.05, 3.63) is 0 Å². The van der Waals surface area contributed by atoms with Crippen LogP contribution in [0.1, 0.15) is 53.9 Å². The van der Waals surface area contributed by atoms with Crippen LogP contribution in [-0.2, 0) is 4.74 Å². The maximum absolute atomic E-state index is 6.16. The van der Waals surface area contributed by atoms with Crippen LogP contribution in [0.15, 0.2) is 0 Å². The van der Waals surface area contributed by atoms with Gasteiger partial charge in [-0.3, -0.25) is 0 Å². The fourth-order valence-corrected chi connectivity index (χ4v) is 1.45. The summed E-state index contributed by atoms with van der Waals surface area (Å²) < 4.78 is 5.49. The Bertz CT molecular complexity index is 156. The molecule has 0 amide bonds. The zero-order chi connectivity index (χ0) is 11.4. The Morgan fingerprint density at radius 1 is 1.21 bits per heavy atom. The van der Waals surface area contributed by atoms with E-state index in [1.807, 2.05) is 0 Å². The molecule has 2 nitrogen and oxygen atoms in total. The molecule has 0 aliphatic heterocycles. The average molecular weight is 201 g/mol. The highest BCUT2D eigenvalue weighted by Crippen LogP contribution is 2.26. The quantitative estimate of drug-likeness (QED) is 0.742. The molecular formula is C12H27NO. The maximum atomic E-state index is 6.16. The Morgan fingerprint density at radius 2 is 1.71 bits per heavy atom. The molecule has 86 valence electrons. The standard InChI is InChI=1S/C12H27NO/c1-7-12(5,14-6)10(13)8-9-11(2,3)4/h10H,7-9,13H2,1-6H3. The summed E-state index contributed by atoms with van der Waals surface area (Å²) in [4.78, 5) is 0. The van der Waals surface area contributed by atoms with E-state index in [4.69, 9.17) is 10.5 Å². The van der Waals surface area contributed by atoms with Gasteiger partial charge < -0.3 is 10.5 Å². The number of hydrogen-bond acceptors (Lipinski definition) is 2. The topological polar surface area (TPSA) is 35.2 Å². The maximum Gasteiger partial charge on any atom is 0.0798 e. The lowest BCUT2D eigenvalue weighted by Gasteiger charge is -2.34. The highest BCUT2D eigenvalue weighted by Gasteiger charge is 2.30. The predicted molar refractivity (Wildman–Crippen MR) is 62.4 cm³/mol. The van der Waals surface area contributed by atoms with Crippen molar-refractivity contribution in [2.24, 2.45) is 11.1 Å². The minimum absolute atomic E-state index is 0.136. The molecule has 0 aromatic heterocycles. The van der Waals surface area contributed by atoms with Gasteiger partial charge in [-0.05, 0) is 31.6 Å². The summed E-state index contributed by atoms with van der Waals surface area (Å²) in [5.41, 5.74) is 6.36. The van der Waals surface area contributed by atoms with Crippen molar-refractivity contribution in [3.8, 4) is 0 Å². The first-order chi connectivity index (χ1) is 6.25. The third kappa shape index (κ3) is 4.43. The fourth-order valence-electron chi connectivity index (χ4n) is 1.45. The normalized spacial score (nSPS) is 19.1. The molecule has 2 N–H and O–H groups in total. The molecule has 14 heavy (non-hydrogen) atoms. The second-order valence-electron chi connectivity index (χ2n) is 5.58. The summed E-state index contributed by atoms with van der Waals surface area (Å²) in [7, 11) is 1.75. The molecule has 2 unspecified atom stereocenters. The molecule has 0 fully saturated rings. The minimum atomic E-state index is -0.161. The smallest absolute Gasteiger partial charge is 0.0798 e. The van der Waals surface area contributed by atoms with Crippen molar-refractivity contribution in [3.63, 3.8) is 0 Å². The Hall–Kier alpha value is -0.0800. The summed E-state index contributed by atoms with van der Waals surface area (Å²) in [5.74, 6) is 0. The monoisotopic (exact) mass is 201 g/mol. The molecule has 0 spiro atoms. The van der Waals surface area contributed by atoms with Gasteiger partial charge in [0, 0.05) is 13.2 Å². The van der Waals surface area contributed by atoms with E-state index in [1.165, 1.54) is 0 Å². The molecule has 0 heterocycles. The Kier molecular flexibility index (Phi) is 5.10. The molecule has 0 bridgehead atoms. The minimum Gasteiger partial charge on any atom is -0.377 e. The van der Waals surface area contributed by atoms with Crippen molar-refractivity contribution in [1.29, 1.82) is 0 Å². The zero-order valence-electron chi connectivity index (χ0n) is 10.7. The zero-order valence-corrected chi connectivity index (χ0v) is 10.7. The Morgan fingerprint density at radius 3 is 2.00 bits per heavy atom. The van der Waals surface area contributed by atoms with E-state index >= 15 is 0 Å². The predicted octanol–water partition coefficient (Wildman–Crippen LogP) is 2.96. The van der Waals surface area contributed by atoms with Crippen LogP contribution in [0.3, 0.4) is 0 Å². The largest absolute Gasteiger partial charge is 0.377 e. The van der Waals surface area contributed by atoms with Gasteiger partial charge in [0.2, 0.25) is 0 Å². The first kappa shape index (κ1) is 13.9. The molecule has 0 aromatic rings. The second-order valence-corrected chi connectivity index (χ2v) is 5.58. The van der Waals surface area contributed by atoms with Gasteiger partial charge in [0.05, 0.1) is 5.60 Å². The van der Waals surface area contributed by atoms with E-state index in [-0.39, 0.29) is 11.6 Å². The SMILES string of the molecule is CCC(C)(OC)C(N)CCC(C)(C)C. The lowest BCUT2D eigenvalue weighted by Crippen LogP contribution is -2.47. The Balaban J connectivity index is 4.12. The van der Waals surface area contributed by atoms with Gasteiger partial charge in [0.15, 0.2) is 0 Å². The number of nitrogens with two attached hydrogens (primary N) is 1. The van der Waals surface area contributed by atoms with Gasteiger partial charge in [0.25, 0.3) is 0 Å². The lowest BCUT2D eigenvalue weighted by molar-refractivity contribution is -0.0227. The highest BCUT2D eigenvalue weighted by atomic mass is 16.5.